The molecule has 0 saturated heterocycles. The summed E-state index contributed by atoms with van der Waals surface area (Å²) < 4.78 is 11.8. The average molecular weight is 217 g/mol. The zero-order valence-electron chi connectivity index (χ0n) is 5.34. The van der Waals surface area contributed by atoms with Crippen molar-refractivity contribution in [2.75, 3.05) is 0 Å². The molecule has 3 heteroatoms. The van der Waals surface area contributed by atoms with Gasteiger partial charge in [-0.1, -0.05) is 12.1 Å². The van der Waals surface area contributed by atoms with Crippen LogP contribution in [0.2, 0.25) is 0 Å². The van der Waals surface area contributed by atoms with Crippen molar-refractivity contribution in [1.82, 2.24) is 0 Å². The van der Waals surface area contributed by atoms with Gasteiger partial charge in [-0.15, -0.1) is 0 Å². The van der Waals surface area contributed by atoms with Gasteiger partial charge in [0.1, 0.15) is 12.4 Å². The van der Waals surface area contributed by atoms with E-state index >= 15 is 0 Å². The molecule has 10 heavy (non-hydrogen) atoms. The van der Waals surface area contributed by atoms with Gasteiger partial charge in [0, 0.05) is 26.2 Å². The standard InChI is InChI=1S/C7H7FO.Zr/c8-5-6-2-1-3-7(9)4-6;/h1-4,9H,5H2;. The number of aromatic hydroxyl groups is 1. The monoisotopic (exact) mass is 216 g/mol. The minimum absolute atomic E-state index is 0. The van der Waals surface area contributed by atoms with Gasteiger partial charge in [-0.25, -0.2) is 4.39 Å². The molecular formula is C7H7FOZr. The molecule has 0 atom stereocenters. The van der Waals surface area contributed by atoms with Gasteiger partial charge in [0.15, 0.2) is 0 Å². The fourth-order valence-corrected chi connectivity index (χ4v) is 0.640. The van der Waals surface area contributed by atoms with Gasteiger partial charge in [-0.3, -0.25) is 0 Å². The molecule has 0 spiro atoms. The van der Waals surface area contributed by atoms with Crippen LogP contribution in [0.4, 0.5) is 4.39 Å². The van der Waals surface area contributed by atoms with Crippen molar-refractivity contribution in [1.29, 1.82) is 0 Å². The Hall–Kier alpha value is -0.167. The van der Waals surface area contributed by atoms with E-state index in [4.69, 9.17) is 5.11 Å². The van der Waals surface area contributed by atoms with E-state index in [1.54, 1.807) is 12.1 Å². The molecule has 0 aliphatic rings. The molecule has 0 heterocycles. The van der Waals surface area contributed by atoms with Gasteiger partial charge >= 0.3 is 0 Å². The van der Waals surface area contributed by atoms with Crippen LogP contribution in [-0.2, 0) is 32.9 Å². The largest absolute Gasteiger partial charge is 0.508 e. The molecule has 0 aromatic heterocycles. The number of hydrogen-bond donors (Lipinski definition) is 1. The number of rotatable bonds is 1. The van der Waals surface area contributed by atoms with Crippen LogP contribution in [0, 0.1) is 0 Å². The van der Waals surface area contributed by atoms with E-state index in [0.717, 1.165) is 0 Å². The Morgan fingerprint density at radius 2 is 2.10 bits per heavy atom. The fraction of sp³-hybridized carbons (Fsp3) is 0.143. The summed E-state index contributed by atoms with van der Waals surface area (Å²) >= 11 is 0. The zero-order valence-corrected chi connectivity index (χ0v) is 7.80. The Kier molecular flexibility index (Phi) is 4.54. The molecule has 1 N–H and O–H groups in total. The maximum Gasteiger partial charge on any atom is 0.115 e. The second-order valence-electron chi connectivity index (χ2n) is 1.80. The van der Waals surface area contributed by atoms with Crippen LogP contribution in [0.15, 0.2) is 24.3 Å². The van der Waals surface area contributed by atoms with Crippen LogP contribution >= 0.6 is 0 Å². The number of benzene rings is 1. The number of alkyl halides is 1. The Bertz CT molecular complexity index is 203. The summed E-state index contributed by atoms with van der Waals surface area (Å²) in [6.45, 7) is -0.519. The summed E-state index contributed by atoms with van der Waals surface area (Å²) in [7, 11) is 0. The van der Waals surface area contributed by atoms with Crippen molar-refractivity contribution in [3.8, 4) is 5.75 Å². The maximum atomic E-state index is 11.8. The zero-order chi connectivity index (χ0) is 6.69. The normalized spacial score (nSPS) is 8.50. The summed E-state index contributed by atoms with van der Waals surface area (Å²) in [6.07, 6.45) is 0. The number of phenolic OH excluding ortho intramolecular Hbond substituents is 1. The van der Waals surface area contributed by atoms with Crippen molar-refractivity contribution >= 4 is 0 Å². The smallest absolute Gasteiger partial charge is 0.115 e. The van der Waals surface area contributed by atoms with Gasteiger partial charge in [0.2, 0.25) is 0 Å². The first-order chi connectivity index (χ1) is 4.33. The predicted molar refractivity (Wildman–Crippen MR) is 32.9 cm³/mol. The second-order valence-corrected chi connectivity index (χ2v) is 1.80. The SMILES string of the molecule is Oc1cccc(CF)c1.[Zr]. The molecule has 0 unspecified atom stereocenters. The molecule has 0 fully saturated rings. The summed E-state index contributed by atoms with van der Waals surface area (Å²) in [6, 6.07) is 6.16. The summed E-state index contributed by atoms with van der Waals surface area (Å²) in [4.78, 5) is 0. The summed E-state index contributed by atoms with van der Waals surface area (Å²) in [5.74, 6) is 0.116. The third-order valence-corrected chi connectivity index (χ3v) is 1.06. The van der Waals surface area contributed by atoms with Gasteiger partial charge < -0.3 is 5.11 Å². The molecule has 1 aromatic carbocycles. The van der Waals surface area contributed by atoms with Crippen molar-refractivity contribution in [2.45, 2.75) is 6.67 Å². The Balaban J connectivity index is 0.000000810. The molecule has 0 aliphatic heterocycles. The van der Waals surface area contributed by atoms with Crippen molar-refractivity contribution in [2.24, 2.45) is 0 Å². The number of phenols is 1. The second kappa shape index (κ2) is 4.62. The average Bonchev–Trinajstić information content (AvgIpc) is 1.88. The molecule has 1 rings (SSSR count). The fourth-order valence-electron chi connectivity index (χ4n) is 0.640. The maximum absolute atomic E-state index is 11.8. The first kappa shape index (κ1) is 9.83. The van der Waals surface area contributed by atoms with Gasteiger partial charge in [0.05, 0.1) is 0 Å². The minimum Gasteiger partial charge on any atom is -0.508 e. The van der Waals surface area contributed by atoms with Crippen LogP contribution in [0.5, 0.6) is 5.75 Å². The Morgan fingerprint density at radius 3 is 2.50 bits per heavy atom. The number of halogens is 1. The predicted octanol–water partition coefficient (Wildman–Crippen LogP) is 1.86. The first-order valence-corrected chi connectivity index (χ1v) is 2.67. The van der Waals surface area contributed by atoms with Crippen LogP contribution < -0.4 is 0 Å². The van der Waals surface area contributed by atoms with E-state index in [1.165, 1.54) is 12.1 Å². The van der Waals surface area contributed by atoms with E-state index in [2.05, 4.69) is 0 Å². The minimum atomic E-state index is -0.519. The van der Waals surface area contributed by atoms with Crippen molar-refractivity contribution in [3.63, 3.8) is 0 Å². The van der Waals surface area contributed by atoms with E-state index in [0.29, 0.717) is 5.56 Å². The summed E-state index contributed by atoms with van der Waals surface area (Å²) in [5.41, 5.74) is 0.509. The molecule has 0 saturated carbocycles. The molecule has 0 amide bonds. The van der Waals surface area contributed by atoms with Crippen LogP contribution in [-0.4, -0.2) is 5.11 Å². The van der Waals surface area contributed by atoms with E-state index in [1.807, 2.05) is 0 Å². The first-order valence-electron chi connectivity index (χ1n) is 2.67. The van der Waals surface area contributed by atoms with E-state index in [9.17, 15) is 4.39 Å². The third kappa shape index (κ3) is 2.61. The Morgan fingerprint density at radius 1 is 1.40 bits per heavy atom. The van der Waals surface area contributed by atoms with Gasteiger partial charge in [-0.05, 0) is 17.7 Å². The van der Waals surface area contributed by atoms with E-state index < -0.39 is 6.67 Å². The molecule has 1 aromatic rings. The molecular weight excluding hydrogens is 210 g/mol. The van der Waals surface area contributed by atoms with Gasteiger partial charge in [0.25, 0.3) is 0 Å². The topological polar surface area (TPSA) is 20.2 Å². The molecule has 52 valence electrons. The van der Waals surface area contributed by atoms with Crippen LogP contribution in [0.25, 0.3) is 0 Å². The molecule has 0 bridgehead atoms. The quantitative estimate of drug-likeness (QED) is 0.761. The van der Waals surface area contributed by atoms with E-state index in [-0.39, 0.29) is 32.0 Å². The van der Waals surface area contributed by atoms with Gasteiger partial charge in [-0.2, -0.15) is 0 Å². The Labute approximate surface area is 78.0 Å². The van der Waals surface area contributed by atoms with Crippen LogP contribution in [0.1, 0.15) is 5.56 Å². The van der Waals surface area contributed by atoms with Crippen molar-refractivity contribution < 1.29 is 35.7 Å². The summed E-state index contributed by atoms with van der Waals surface area (Å²) in [5, 5.41) is 8.78. The van der Waals surface area contributed by atoms with Crippen LogP contribution in [0.3, 0.4) is 0 Å². The molecule has 0 radical (unpaired) electrons. The van der Waals surface area contributed by atoms with Crippen molar-refractivity contribution in [3.05, 3.63) is 29.8 Å². The molecule has 1 nitrogen and oxygen atoms in total. The number of hydrogen-bond acceptors (Lipinski definition) is 1. The molecule has 0 aliphatic carbocycles. The third-order valence-electron chi connectivity index (χ3n) is 1.06.